The molecule has 3 saturated heterocycles. The van der Waals surface area contributed by atoms with Crippen LogP contribution in [0.25, 0.3) is 0 Å². The van der Waals surface area contributed by atoms with E-state index < -0.39 is 0 Å². The Balaban J connectivity index is 0.00000208. The lowest BCUT2D eigenvalue weighted by molar-refractivity contribution is -0.122. The van der Waals surface area contributed by atoms with Crippen LogP contribution in [0.5, 0.6) is 0 Å². The van der Waals surface area contributed by atoms with Gasteiger partial charge in [0, 0.05) is 30.0 Å². The predicted molar refractivity (Wildman–Crippen MR) is 99.8 cm³/mol. The van der Waals surface area contributed by atoms with E-state index >= 15 is 0 Å². The lowest BCUT2D eigenvalue weighted by atomic mass is 9.94. The van der Waals surface area contributed by atoms with Crippen LogP contribution in [0, 0.1) is 5.92 Å². The highest BCUT2D eigenvalue weighted by molar-refractivity contribution is 8.00. The zero-order chi connectivity index (χ0) is 16.2. The van der Waals surface area contributed by atoms with Gasteiger partial charge in [0.05, 0.1) is 12.1 Å². The van der Waals surface area contributed by atoms with E-state index in [2.05, 4.69) is 28.2 Å². The van der Waals surface area contributed by atoms with Gasteiger partial charge in [-0.3, -0.25) is 4.79 Å². The predicted octanol–water partition coefficient (Wildman–Crippen LogP) is 1.25. The average molecular weight is 377 g/mol. The Kier molecular flexibility index (Phi) is 7.50. The van der Waals surface area contributed by atoms with Crippen molar-refractivity contribution in [1.82, 2.24) is 21.3 Å². The van der Waals surface area contributed by atoms with Crippen molar-refractivity contribution < 1.29 is 9.59 Å². The van der Waals surface area contributed by atoms with Gasteiger partial charge in [0.25, 0.3) is 0 Å². The molecule has 3 fully saturated rings. The van der Waals surface area contributed by atoms with Gasteiger partial charge in [-0.25, -0.2) is 4.79 Å². The molecule has 24 heavy (non-hydrogen) atoms. The van der Waals surface area contributed by atoms with E-state index in [1.54, 1.807) is 0 Å². The minimum Gasteiger partial charge on any atom is -0.352 e. The molecule has 3 heterocycles. The first-order valence-electron chi connectivity index (χ1n) is 8.82. The lowest BCUT2D eigenvalue weighted by Crippen LogP contribution is -2.50. The number of unbranched alkanes of at least 4 members (excludes halogenated alkanes) is 1. The Morgan fingerprint density at radius 1 is 1.33 bits per heavy atom. The Bertz CT molecular complexity index is 454. The molecule has 3 amide bonds. The SMILES string of the molecule is CC1CCNCC1NC(=O)CCCC[C@@H]1SC[C@@H]2NC(=O)N[C@@H]21.Cl. The molecule has 3 aliphatic rings. The molecule has 3 rings (SSSR count). The fraction of sp³-hybridized carbons (Fsp3) is 0.875. The molecule has 6 nitrogen and oxygen atoms in total. The minimum absolute atomic E-state index is 0. The fourth-order valence-electron chi connectivity index (χ4n) is 3.74. The number of halogens is 1. The fourth-order valence-corrected chi connectivity index (χ4v) is 5.28. The molecule has 138 valence electrons. The first-order chi connectivity index (χ1) is 11.1. The van der Waals surface area contributed by atoms with Crippen molar-refractivity contribution in [1.29, 1.82) is 0 Å². The molecule has 0 bridgehead atoms. The molecule has 0 aliphatic carbocycles. The Morgan fingerprint density at radius 3 is 2.96 bits per heavy atom. The molecule has 0 aromatic rings. The number of hydrogen-bond donors (Lipinski definition) is 4. The van der Waals surface area contributed by atoms with Crippen molar-refractivity contribution in [2.45, 2.75) is 62.4 Å². The molecule has 0 aromatic heterocycles. The molecular formula is C16H29ClN4O2S. The number of carbonyl (C=O) groups is 2. The number of nitrogens with one attached hydrogen (secondary N) is 4. The molecule has 2 unspecified atom stereocenters. The van der Waals surface area contributed by atoms with Crippen LogP contribution >= 0.6 is 24.2 Å². The lowest BCUT2D eigenvalue weighted by Gasteiger charge is -2.30. The maximum atomic E-state index is 12.1. The quantitative estimate of drug-likeness (QED) is 0.415. The van der Waals surface area contributed by atoms with E-state index in [4.69, 9.17) is 0 Å². The van der Waals surface area contributed by atoms with Crippen LogP contribution in [0.3, 0.4) is 0 Å². The summed E-state index contributed by atoms with van der Waals surface area (Å²) in [7, 11) is 0. The monoisotopic (exact) mass is 376 g/mol. The molecule has 5 atom stereocenters. The second-order valence-electron chi connectivity index (χ2n) is 7.01. The van der Waals surface area contributed by atoms with Crippen LogP contribution < -0.4 is 21.3 Å². The summed E-state index contributed by atoms with van der Waals surface area (Å²) in [4.78, 5) is 23.4. The number of urea groups is 1. The maximum Gasteiger partial charge on any atom is 0.315 e. The van der Waals surface area contributed by atoms with Gasteiger partial charge in [-0.15, -0.1) is 12.4 Å². The van der Waals surface area contributed by atoms with Crippen LogP contribution in [-0.4, -0.2) is 54.2 Å². The molecule has 3 aliphatic heterocycles. The van der Waals surface area contributed by atoms with Gasteiger partial charge < -0.3 is 21.3 Å². The van der Waals surface area contributed by atoms with Gasteiger partial charge in [0.2, 0.25) is 5.91 Å². The van der Waals surface area contributed by atoms with Crippen LogP contribution in [0.2, 0.25) is 0 Å². The van der Waals surface area contributed by atoms with Crippen molar-refractivity contribution in [2.75, 3.05) is 18.8 Å². The van der Waals surface area contributed by atoms with E-state index in [9.17, 15) is 9.59 Å². The number of amides is 3. The number of hydrogen-bond acceptors (Lipinski definition) is 4. The standard InChI is InChI=1S/C16H28N4O2S.ClH/c1-10-6-7-17-8-11(10)18-14(21)5-3-2-4-13-15-12(9-23-13)19-16(22)20-15;/h10-13,15,17H,2-9H2,1H3,(H,18,21)(H2,19,20,22);1H/t10?,11?,12-,13-,15-;/m0./s1. The average Bonchev–Trinajstić information content (AvgIpc) is 3.06. The van der Waals surface area contributed by atoms with Gasteiger partial charge >= 0.3 is 6.03 Å². The number of rotatable bonds is 6. The third kappa shape index (κ3) is 4.92. The summed E-state index contributed by atoms with van der Waals surface area (Å²) in [5, 5.41) is 13.0. The van der Waals surface area contributed by atoms with E-state index in [1.165, 1.54) is 0 Å². The first kappa shape index (κ1) is 19.7. The summed E-state index contributed by atoms with van der Waals surface area (Å²) >= 11 is 1.94. The third-order valence-electron chi connectivity index (χ3n) is 5.25. The summed E-state index contributed by atoms with van der Waals surface area (Å²) in [6.07, 6.45) is 4.78. The van der Waals surface area contributed by atoms with Crippen LogP contribution in [-0.2, 0) is 4.79 Å². The Labute approximate surface area is 154 Å². The van der Waals surface area contributed by atoms with Gasteiger partial charge in [-0.05, 0) is 31.7 Å². The summed E-state index contributed by atoms with van der Waals surface area (Å²) in [5.41, 5.74) is 0. The van der Waals surface area contributed by atoms with Gasteiger partial charge in [-0.1, -0.05) is 13.3 Å². The first-order valence-corrected chi connectivity index (χ1v) is 9.87. The number of thioether (sulfide) groups is 1. The number of piperidine rings is 1. The number of carbonyl (C=O) groups excluding carboxylic acids is 2. The van der Waals surface area contributed by atoms with Gasteiger partial charge in [0.15, 0.2) is 0 Å². The zero-order valence-electron chi connectivity index (χ0n) is 14.2. The summed E-state index contributed by atoms with van der Waals surface area (Å²) < 4.78 is 0. The normalized spacial score (nSPS) is 34.7. The number of fused-ring (bicyclic) bond motifs is 1. The topological polar surface area (TPSA) is 82.3 Å². The van der Waals surface area contributed by atoms with E-state index in [0.29, 0.717) is 23.6 Å². The largest absolute Gasteiger partial charge is 0.352 e. The van der Waals surface area contributed by atoms with E-state index in [0.717, 1.165) is 44.5 Å². The summed E-state index contributed by atoms with van der Waals surface area (Å²) in [6, 6.07) is 0.818. The third-order valence-corrected chi connectivity index (χ3v) is 6.76. The molecule has 4 N–H and O–H groups in total. The second-order valence-corrected chi connectivity index (χ2v) is 8.28. The van der Waals surface area contributed by atoms with Crippen LogP contribution in [0.1, 0.15) is 39.0 Å². The van der Waals surface area contributed by atoms with Crippen molar-refractivity contribution in [3.05, 3.63) is 0 Å². The highest BCUT2D eigenvalue weighted by atomic mass is 35.5. The van der Waals surface area contributed by atoms with E-state index in [1.807, 2.05) is 11.8 Å². The second kappa shape index (κ2) is 9.15. The van der Waals surface area contributed by atoms with Crippen molar-refractivity contribution in [3.8, 4) is 0 Å². The Morgan fingerprint density at radius 2 is 2.17 bits per heavy atom. The molecule has 0 radical (unpaired) electrons. The van der Waals surface area contributed by atoms with Crippen molar-refractivity contribution in [2.24, 2.45) is 5.92 Å². The maximum absolute atomic E-state index is 12.1. The Hall–Kier alpha value is -0.660. The van der Waals surface area contributed by atoms with Crippen LogP contribution in [0.4, 0.5) is 4.79 Å². The molecular weight excluding hydrogens is 348 g/mol. The molecule has 0 aromatic carbocycles. The summed E-state index contributed by atoms with van der Waals surface area (Å²) in [6.45, 7) is 4.16. The van der Waals surface area contributed by atoms with Gasteiger partial charge in [0.1, 0.15) is 0 Å². The van der Waals surface area contributed by atoms with Gasteiger partial charge in [-0.2, -0.15) is 11.8 Å². The molecule has 0 saturated carbocycles. The molecule has 8 heteroatoms. The van der Waals surface area contributed by atoms with Crippen LogP contribution in [0.15, 0.2) is 0 Å². The van der Waals surface area contributed by atoms with E-state index in [-0.39, 0.29) is 36.4 Å². The zero-order valence-corrected chi connectivity index (χ0v) is 15.8. The summed E-state index contributed by atoms with van der Waals surface area (Å²) in [5.74, 6) is 1.74. The van der Waals surface area contributed by atoms with Crippen molar-refractivity contribution in [3.63, 3.8) is 0 Å². The highest BCUT2D eigenvalue weighted by Crippen LogP contribution is 2.33. The molecule has 0 spiro atoms. The highest BCUT2D eigenvalue weighted by Gasteiger charge is 2.42. The van der Waals surface area contributed by atoms with Crippen molar-refractivity contribution >= 4 is 36.1 Å². The smallest absolute Gasteiger partial charge is 0.315 e. The minimum atomic E-state index is -0.0279.